The molecule has 0 unspecified atom stereocenters. The molecular formula is C17H12FN3OS. The van der Waals surface area contributed by atoms with Crippen molar-refractivity contribution in [1.29, 1.82) is 0 Å². The highest BCUT2D eigenvalue weighted by Gasteiger charge is 2.13. The van der Waals surface area contributed by atoms with Crippen LogP contribution in [0.15, 0.2) is 59.7 Å². The van der Waals surface area contributed by atoms with E-state index in [4.69, 9.17) is 0 Å². The minimum atomic E-state index is -0.340. The molecule has 4 rings (SSSR count). The summed E-state index contributed by atoms with van der Waals surface area (Å²) in [6.07, 6.45) is 3.56. The first-order valence-electron chi connectivity index (χ1n) is 7.09. The molecule has 0 fully saturated rings. The maximum atomic E-state index is 14.4. The van der Waals surface area contributed by atoms with Gasteiger partial charge in [-0.3, -0.25) is 13.8 Å². The lowest BCUT2D eigenvalue weighted by atomic mass is 9.99. The van der Waals surface area contributed by atoms with Crippen LogP contribution < -0.4 is 5.56 Å². The second-order valence-electron chi connectivity index (χ2n) is 5.23. The van der Waals surface area contributed by atoms with Crippen LogP contribution in [-0.2, 0) is 6.54 Å². The van der Waals surface area contributed by atoms with Gasteiger partial charge in [-0.05, 0) is 35.4 Å². The Balaban J connectivity index is 1.87. The van der Waals surface area contributed by atoms with Crippen molar-refractivity contribution in [2.45, 2.75) is 6.54 Å². The van der Waals surface area contributed by atoms with E-state index < -0.39 is 0 Å². The molecule has 0 aliphatic heterocycles. The van der Waals surface area contributed by atoms with Crippen molar-refractivity contribution < 1.29 is 4.39 Å². The van der Waals surface area contributed by atoms with Crippen molar-refractivity contribution in [2.24, 2.45) is 0 Å². The van der Waals surface area contributed by atoms with E-state index in [-0.39, 0.29) is 11.4 Å². The molecule has 0 aliphatic rings. The highest BCUT2D eigenvalue weighted by atomic mass is 32.1. The normalized spacial score (nSPS) is 11.2. The molecule has 114 valence electrons. The predicted molar refractivity (Wildman–Crippen MR) is 89.2 cm³/mol. The average molecular weight is 325 g/mol. The van der Waals surface area contributed by atoms with Gasteiger partial charge in [0.1, 0.15) is 5.82 Å². The van der Waals surface area contributed by atoms with Crippen LogP contribution in [0.1, 0.15) is 5.56 Å². The number of hydrogen-bond acceptors (Lipinski definition) is 3. The molecule has 0 bridgehead atoms. The number of aromatic amines is 1. The van der Waals surface area contributed by atoms with Gasteiger partial charge in [-0.2, -0.15) is 5.10 Å². The van der Waals surface area contributed by atoms with Gasteiger partial charge in [0.2, 0.25) is 0 Å². The second kappa shape index (κ2) is 5.48. The van der Waals surface area contributed by atoms with Gasteiger partial charge in [0.15, 0.2) is 0 Å². The Bertz CT molecular complexity index is 1030. The molecule has 23 heavy (non-hydrogen) atoms. The number of nitrogens with one attached hydrogen (secondary N) is 1. The minimum Gasteiger partial charge on any atom is -0.277 e. The van der Waals surface area contributed by atoms with Crippen molar-refractivity contribution in [3.63, 3.8) is 0 Å². The smallest absolute Gasteiger partial charge is 0.266 e. The van der Waals surface area contributed by atoms with Crippen molar-refractivity contribution in [3.8, 4) is 11.1 Å². The van der Waals surface area contributed by atoms with Crippen LogP contribution in [0.4, 0.5) is 4.39 Å². The molecule has 0 aliphatic carbocycles. The van der Waals surface area contributed by atoms with Crippen LogP contribution in [0.25, 0.3) is 21.2 Å². The molecule has 2 aromatic carbocycles. The van der Waals surface area contributed by atoms with E-state index in [2.05, 4.69) is 9.47 Å². The lowest BCUT2D eigenvalue weighted by Gasteiger charge is -2.08. The zero-order valence-electron chi connectivity index (χ0n) is 12.0. The average Bonchev–Trinajstić information content (AvgIpc) is 3.19. The summed E-state index contributed by atoms with van der Waals surface area (Å²) in [5.41, 5.74) is 1.79. The van der Waals surface area contributed by atoms with Gasteiger partial charge in [0.25, 0.3) is 5.56 Å². The molecule has 1 N–H and O–H groups in total. The summed E-state index contributed by atoms with van der Waals surface area (Å²) in [6.45, 7) is 0.552. The molecule has 2 aromatic heterocycles. The summed E-state index contributed by atoms with van der Waals surface area (Å²) < 4.78 is 19.7. The van der Waals surface area contributed by atoms with Crippen LogP contribution >= 0.6 is 11.5 Å². The van der Waals surface area contributed by atoms with E-state index in [9.17, 15) is 9.18 Å². The Morgan fingerprint density at radius 1 is 1.17 bits per heavy atom. The molecule has 0 spiro atoms. The first kappa shape index (κ1) is 13.9. The van der Waals surface area contributed by atoms with Gasteiger partial charge in [-0.1, -0.05) is 29.7 Å². The van der Waals surface area contributed by atoms with E-state index in [0.717, 1.165) is 10.3 Å². The third kappa shape index (κ3) is 2.47. The molecule has 0 saturated heterocycles. The second-order valence-corrected chi connectivity index (χ2v) is 6.08. The standard InChI is InChI=1S/C17H12FN3OS/c18-14-6-5-11(10-21-8-2-7-19-21)9-13(14)12-3-1-4-15-16(12)17(22)20-23-15/h1-9H,10H2,(H,20,22). The third-order valence-corrected chi connectivity index (χ3v) is 4.58. The number of benzene rings is 2. The fourth-order valence-electron chi connectivity index (χ4n) is 2.69. The van der Waals surface area contributed by atoms with Crippen LogP contribution in [0.5, 0.6) is 0 Å². The van der Waals surface area contributed by atoms with E-state index in [0.29, 0.717) is 23.1 Å². The first-order chi connectivity index (χ1) is 11.2. The highest BCUT2D eigenvalue weighted by molar-refractivity contribution is 7.13. The number of rotatable bonds is 3. The zero-order valence-corrected chi connectivity index (χ0v) is 12.8. The molecule has 0 radical (unpaired) electrons. The van der Waals surface area contributed by atoms with E-state index >= 15 is 0 Å². The van der Waals surface area contributed by atoms with Crippen LogP contribution in [-0.4, -0.2) is 14.2 Å². The van der Waals surface area contributed by atoms with Gasteiger partial charge in [-0.15, -0.1) is 0 Å². The topological polar surface area (TPSA) is 50.7 Å². The van der Waals surface area contributed by atoms with Crippen molar-refractivity contribution in [1.82, 2.24) is 14.2 Å². The third-order valence-electron chi connectivity index (χ3n) is 3.73. The number of halogens is 1. The quantitative estimate of drug-likeness (QED) is 0.625. The van der Waals surface area contributed by atoms with Crippen LogP contribution in [0.2, 0.25) is 0 Å². The highest BCUT2D eigenvalue weighted by Crippen LogP contribution is 2.30. The summed E-state index contributed by atoms with van der Waals surface area (Å²) in [6, 6.07) is 12.3. The summed E-state index contributed by atoms with van der Waals surface area (Å²) >= 11 is 1.26. The molecule has 4 nitrogen and oxygen atoms in total. The zero-order chi connectivity index (χ0) is 15.8. The van der Waals surface area contributed by atoms with Crippen molar-refractivity contribution >= 4 is 21.6 Å². The van der Waals surface area contributed by atoms with Gasteiger partial charge in [-0.25, -0.2) is 4.39 Å². The number of H-pyrrole nitrogens is 1. The summed E-state index contributed by atoms with van der Waals surface area (Å²) in [5.74, 6) is -0.340. The molecule has 2 heterocycles. The number of fused-ring (bicyclic) bond motifs is 1. The van der Waals surface area contributed by atoms with Gasteiger partial charge in [0, 0.05) is 18.0 Å². The van der Waals surface area contributed by atoms with E-state index in [1.165, 1.54) is 17.6 Å². The summed E-state index contributed by atoms with van der Waals surface area (Å²) in [5, 5.41) is 4.70. The Morgan fingerprint density at radius 3 is 2.91 bits per heavy atom. The van der Waals surface area contributed by atoms with Gasteiger partial charge < -0.3 is 0 Å². The van der Waals surface area contributed by atoms with E-state index in [1.54, 1.807) is 29.1 Å². The van der Waals surface area contributed by atoms with Crippen molar-refractivity contribution in [3.05, 3.63) is 76.6 Å². The van der Waals surface area contributed by atoms with Crippen LogP contribution in [0.3, 0.4) is 0 Å². The Hall–Kier alpha value is -2.73. The predicted octanol–water partition coefficient (Wildman–Crippen LogP) is 3.64. The van der Waals surface area contributed by atoms with Crippen LogP contribution in [0, 0.1) is 5.82 Å². The van der Waals surface area contributed by atoms with Crippen molar-refractivity contribution in [2.75, 3.05) is 0 Å². The number of aromatic nitrogens is 3. The fraction of sp³-hybridized carbons (Fsp3) is 0.0588. The fourth-order valence-corrected chi connectivity index (χ4v) is 3.44. The molecule has 6 heteroatoms. The largest absolute Gasteiger partial charge is 0.277 e. The molecule has 0 amide bonds. The molecular weight excluding hydrogens is 313 g/mol. The lowest BCUT2D eigenvalue weighted by Crippen LogP contribution is -2.02. The number of hydrogen-bond donors (Lipinski definition) is 1. The molecule has 0 atom stereocenters. The summed E-state index contributed by atoms with van der Waals surface area (Å²) in [7, 11) is 0. The lowest BCUT2D eigenvalue weighted by molar-refractivity contribution is 0.628. The molecule has 4 aromatic rings. The Kier molecular flexibility index (Phi) is 3.31. The summed E-state index contributed by atoms with van der Waals surface area (Å²) in [4.78, 5) is 12.0. The minimum absolute atomic E-state index is 0.183. The Morgan fingerprint density at radius 2 is 2.09 bits per heavy atom. The number of nitrogens with zero attached hydrogens (tertiary/aromatic N) is 2. The maximum absolute atomic E-state index is 14.4. The van der Waals surface area contributed by atoms with Gasteiger partial charge in [0.05, 0.1) is 16.6 Å². The molecule has 0 saturated carbocycles. The maximum Gasteiger partial charge on any atom is 0.266 e. The monoisotopic (exact) mass is 325 g/mol. The van der Waals surface area contributed by atoms with E-state index in [1.807, 2.05) is 24.4 Å². The Labute approximate surface area is 135 Å². The van der Waals surface area contributed by atoms with Gasteiger partial charge >= 0.3 is 0 Å². The SMILES string of the molecule is O=c1[nH]sc2cccc(-c3cc(Cn4cccn4)ccc3F)c12. The first-order valence-corrected chi connectivity index (χ1v) is 7.90.